The van der Waals surface area contributed by atoms with Crippen molar-refractivity contribution in [3.05, 3.63) is 42.0 Å². The van der Waals surface area contributed by atoms with Crippen molar-refractivity contribution in [3.63, 3.8) is 0 Å². The van der Waals surface area contributed by atoms with Crippen molar-refractivity contribution >= 4 is 22.4 Å². The zero-order chi connectivity index (χ0) is 13.5. The number of anilines is 1. The molecule has 1 amide bonds. The summed E-state index contributed by atoms with van der Waals surface area (Å²) in [6, 6.07) is 12.1. The third-order valence-electron chi connectivity index (χ3n) is 4.09. The summed E-state index contributed by atoms with van der Waals surface area (Å²) < 4.78 is 5.37. The summed E-state index contributed by atoms with van der Waals surface area (Å²) in [6.45, 7) is 3.92. The van der Waals surface area contributed by atoms with E-state index in [-0.39, 0.29) is 5.91 Å². The Kier molecular flexibility index (Phi) is 2.72. The number of morpholine rings is 1. The van der Waals surface area contributed by atoms with Crippen LogP contribution in [0, 0.1) is 0 Å². The fourth-order valence-corrected chi connectivity index (χ4v) is 3.06. The molecule has 0 saturated carbocycles. The fraction of sp³-hybridized carbons (Fsp3) is 0.312. The summed E-state index contributed by atoms with van der Waals surface area (Å²) >= 11 is 0. The van der Waals surface area contributed by atoms with E-state index in [1.165, 1.54) is 0 Å². The number of ether oxygens (including phenoxy) is 1. The van der Waals surface area contributed by atoms with E-state index in [4.69, 9.17) is 4.74 Å². The highest BCUT2D eigenvalue weighted by Crippen LogP contribution is 2.37. The molecule has 2 aliphatic heterocycles. The van der Waals surface area contributed by atoms with E-state index >= 15 is 0 Å². The average molecular weight is 268 g/mol. The highest BCUT2D eigenvalue weighted by Gasteiger charge is 2.30. The van der Waals surface area contributed by atoms with Crippen LogP contribution in [0.3, 0.4) is 0 Å². The number of carbonyl (C=O) groups excluding carboxylic acids is 1. The summed E-state index contributed by atoms with van der Waals surface area (Å²) in [5.41, 5.74) is 1.86. The number of benzene rings is 2. The van der Waals surface area contributed by atoms with Crippen molar-refractivity contribution in [3.8, 4) is 0 Å². The van der Waals surface area contributed by atoms with Gasteiger partial charge in [0.05, 0.1) is 25.6 Å². The third kappa shape index (κ3) is 1.72. The lowest BCUT2D eigenvalue weighted by atomic mass is 10.1. The summed E-state index contributed by atoms with van der Waals surface area (Å²) in [5, 5.41) is 2.23. The zero-order valence-electron chi connectivity index (χ0n) is 11.2. The first kappa shape index (κ1) is 11.9. The molecule has 20 heavy (non-hydrogen) atoms. The molecule has 102 valence electrons. The van der Waals surface area contributed by atoms with Crippen LogP contribution in [-0.2, 0) is 4.74 Å². The molecule has 2 aromatic rings. The lowest BCUT2D eigenvalue weighted by Gasteiger charge is -2.31. The second-order valence-corrected chi connectivity index (χ2v) is 5.29. The van der Waals surface area contributed by atoms with Crippen molar-refractivity contribution in [1.29, 1.82) is 0 Å². The summed E-state index contributed by atoms with van der Waals surface area (Å²) in [4.78, 5) is 16.8. The van der Waals surface area contributed by atoms with E-state index in [0.29, 0.717) is 6.67 Å². The van der Waals surface area contributed by atoms with Gasteiger partial charge in [0.25, 0.3) is 5.91 Å². The van der Waals surface area contributed by atoms with Gasteiger partial charge in [-0.3, -0.25) is 14.6 Å². The topological polar surface area (TPSA) is 32.8 Å². The Bertz CT molecular complexity index is 672. The predicted molar refractivity (Wildman–Crippen MR) is 78.0 cm³/mol. The molecule has 0 atom stereocenters. The molecule has 0 aromatic heterocycles. The third-order valence-corrected chi connectivity index (χ3v) is 4.09. The van der Waals surface area contributed by atoms with Gasteiger partial charge in [0.15, 0.2) is 0 Å². The smallest absolute Gasteiger partial charge is 0.260 e. The first-order valence-electron chi connectivity index (χ1n) is 6.98. The van der Waals surface area contributed by atoms with Crippen LogP contribution in [0.1, 0.15) is 10.4 Å². The average Bonchev–Trinajstić information content (AvgIpc) is 2.77. The molecule has 4 rings (SSSR count). The van der Waals surface area contributed by atoms with E-state index in [1.807, 2.05) is 29.2 Å². The summed E-state index contributed by atoms with van der Waals surface area (Å²) in [7, 11) is 0. The fourth-order valence-electron chi connectivity index (χ4n) is 3.06. The Hall–Kier alpha value is -1.91. The van der Waals surface area contributed by atoms with Crippen LogP contribution in [0.25, 0.3) is 10.8 Å². The molecule has 4 heteroatoms. The van der Waals surface area contributed by atoms with E-state index in [0.717, 1.165) is 48.3 Å². The molecule has 0 radical (unpaired) electrons. The minimum absolute atomic E-state index is 0.114. The van der Waals surface area contributed by atoms with Crippen LogP contribution in [-0.4, -0.2) is 43.8 Å². The van der Waals surface area contributed by atoms with Crippen LogP contribution >= 0.6 is 0 Å². The lowest BCUT2D eigenvalue weighted by molar-refractivity contribution is 0.0375. The largest absolute Gasteiger partial charge is 0.379 e. The van der Waals surface area contributed by atoms with Gasteiger partial charge >= 0.3 is 0 Å². The molecule has 0 unspecified atom stereocenters. The number of amides is 1. The highest BCUT2D eigenvalue weighted by atomic mass is 16.5. The van der Waals surface area contributed by atoms with Crippen molar-refractivity contribution in [2.45, 2.75) is 0 Å². The zero-order valence-corrected chi connectivity index (χ0v) is 11.2. The van der Waals surface area contributed by atoms with Gasteiger partial charge in [-0.05, 0) is 17.5 Å². The van der Waals surface area contributed by atoms with E-state index < -0.39 is 0 Å². The van der Waals surface area contributed by atoms with Gasteiger partial charge < -0.3 is 4.74 Å². The summed E-state index contributed by atoms with van der Waals surface area (Å²) in [6.07, 6.45) is 0. The molecular formula is C16H16N2O2. The SMILES string of the molecule is O=C1c2cccc3cccc(c23)N1CN1CCOCC1. The van der Waals surface area contributed by atoms with Gasteiger partial charge in [-0.25, -0.2) is 0 Å². The minimum Gasteiger partial charge on any atom is -0.379 e. The quantitative estimate of drug-likeness (QED) is 0.836. The van der Waals surface area contributed by atoms with Crippen LogP contribution in [0.5, 0.6) is 0 Å². The molecule has 4 nitrogen and oxygen atoms in total. The van der Waals surface area contributed by atoms with Crippen molar-refractivity contribution in [2.75, 3.05) is 37.9 Å². The molecule has 2 aliphatic rings. The second-order valence-electron chi connectivity index (χ2n) is 5.29. The van der Waals surface area contributed by atoms with Crippen LogP contribution in [0.15, 0.2) is 36.4 Å². The molecule has 0 aliphatic carbocycles. The predicted octanol–water partition coefficient (Wildman–Crippen LogP) is 2.09. The number of rotatable bonds is 2. The maximum atomic E-state index is 12.6. The first-order valence-corrected chi connectivity index (χ1v) is 6.98. The van der Waals surface area contributed by atoms with Gasteiger partial charge in [-0.2, -0.15) is 0 Å². The van der Waals surface area contributed by atoms with Gasteiger partial charge in [0, 0.05) is 24.0 Å². The molecule has 0 bridgehead atoms. The molecule has 0 spiro atoms. The van der Waals surface area contributed by atoms with Crippen LogP contribution in [0.4, 0.5) is 5.69 Å². The molecular weight excluding hydrogens is 252 g/mol. The highest BCUT2D eigenvalue weighted by molar-refractivity contribution is 6.24. The maximum Gasteiger partial charge on any atom is 0.260 e. The van der Waals surface area contributed by atoms with Crippen molar-refractivity contribution in [1.82, 2.24) is 4.90 Å². The van der Waals surface area contributed by atoms with Crippen molar-refractivity contribution in [2.24, 2.45) is 0 Å². The molecule has 2 aromatic carbocycles. The van der Waals surface area contributed by atoms with E-state index in [9.17, 15) is 4.79 Å². The number of hydrogen-bond donors (Lipinski definition) is 0. The normalized spacial score (nSPS) is 19.0. The van der Waals surface area contributed by atoms with Crippen molar-refractivity contribution < 1.29 is 9.53 Å². The van der Waals surface area contributed by atoms with Crippen LogP contribution in [0.2, 0.25) is 0 Å². The van der Waals surface area contributed by atoms with Crippen LogP contribution < -0.4 is 4.90 Å². The summed E-state index contributed by atoms with van der Waals surface area (Å²) in [5.74, 6) is 0.114. The first-order chi connectivity index (χ1) is 9.84. The molecule has 2 heterocycles. The Morgan fingerprint density at radius 1 is 1.05 bits per heavy atom. The van der Waals surface area contributed by atoms with Gasteiger partial charge in [-0.1, -0.05) is 24.3 Å². The van der Waals surface area contributed by atoms with Gasteiger partial charge in [-0.15, -0.1) is 0 Å². The Morgan fingerprint density at radius 2 is 1.80 bits per heavy atom. The minimum atomic E-state index is 0.114. The number of nitrogens with zero attached hydrogens (tertiary/aromatic N) is 2. The van der Waals surface area contributed by atoms with Gasteiger partial charge in [0.2, 0.25) is 0 Å². The second kappa shape index (κ2) is 4.58. The molecule has 1 saturated heterocycles. The maximum absolute atomic E-state index is 12.6. The molecule has 1 fully saturated rings. The van der Waals surface area contributed by atoms with E-state index in [1.54, 1.807) is 0 Å². The standard InChI is InChI=1S/C16H16N2O2/c19-16-13-5-1-3-12-4-2-6-14(15(12)13)18(16)11-17-7-9-20-10-8-17/h1-6H,7-11H2. The Balaban J connectivity index is 1.73. The Labute approximate surface area is 117 Å². The molecule has 0 N–H and O–H groups in total. The lowest BCUT2D eigenvalue weighted by Crippen LogP contribution is -2.45. The number of carbonyl (C=O) groups is 1. The van der Waals surface area contributed by atoms with Gasteiger partial charge in [0.1, 0.15) is 0 Å². The monoisotopic (exact) mass is 268 g/mol. The number of hydrogen-bond acceptors (Lipinski definition) is 3. The van der Waals surface area contributed by atoms with E-state index in [2.05, 4.69) is 17.0 Å². The Morgan fingerprint density at radius 3 is 2.60 bits per heavy atom.